The van der Waals surface area contributed by atoms with Crippen LogP contribution in [0.15, 0.2) is 21.8 Å². The Morgan fingerprint density at radius 3 is 2.77 bits per heavy atom. The molecule has 6 heteroatoms. The smallest absolute Gasteiger partial charge is 0.191 e. The Balaban J connectivity index is 1.38. The summed E-state index contributed by atoms with van der Waals surface area (Å²) in [4.78, 5) is 9.63. The van der Waals surface area contributed by atoms with Crippen LogP contribution in [0.3, 0.4) is 0 Å². The molecule has 2 fully saturated rings. The van der Waals surface area contributed by atoms with Crippen LogP contribution in [-0.4, -0.2) is 67.6 Å². The molecule has 0 amide bonds. The number of nitrogens with zero attached hydrogens (tertiary/aromatic N) is 3. The number of thiophene rings is 1. The molecule has 0 aliphatic carbocycles. The SMILES string of the molecule is CCN1CCCCC1CNC(=NC)NC1CCN(Cc2ccsc2)CC1. The van der Waals surface area contributed by atoms with Crippen LogP contribution >= 0.6 is 11.3 Å². The van der Waals surface area contributed by atoms with Gasteiger partial charge in [0, 0.05) is 45.3 Å². The van der Waals surface area contributed by atoms with E-state index in [9.17, 15) is 0 Å². The van der Waals surface area contributed by atoms with Gasteiger partial charge in [-0.05, 0) is 61.2 Å². The van der Waals surface area contributed by atoms with E-state index >= 15 is 0 Å². The molecule has 5 nitrogen and oxygen atoms in total. The van der Waals surface area contributed by atoms with E-state index in [1.54, 1.807) is 11.3 Å². The largest absolute Gasteiger partial charge is 0.355 e. The first-order valence-electron chi connectivity index (χ1n) is 10.2. The Kier molecular flexibility index (Phi) is 7.77. The number of piperidine rings is 2. The number of hydrogen-bond donors (Lipinski definition) is 2. The fraction of sp³-hybridized carbons (Fsp3) is 0.750. The van der Waals surface area contributed by atoms with E-state index in [0.717, 1.165) is 38.7 Å². The highest BCUT2D eigenvalue weighted by molar-refractivity contribution is 7.07. The fourth-order valence-corrected chi connectivity index (χ4v) is 4.85. The number of aliphatic imine (C=N–C) groups is 1. The van der Waals surface area contributed by atoms with Crippen LogP contribution in [0.2, 0.25) is 0 Å². The van der Waals surface area contributed by atoms with Gasteiger partial charge in [-0.25, -0.2) is 0 Å². The minimum absolute atomic E-state index is 0.536. The number of likely N-dealkylation sites (N-methyl/N-ethyl adjacent to an activating group) is 1. The van der Waals surface area contributed by atoms with E-state index in [1.807, 2.05) is 7.05 Å². The summed E-state index contributed by atoms with van der Waals surface area (Å²) in [6, 6.07) is 3.43. The maximum atomic E-state index is 4.46. The lowest BCUT2D eigenvalue weighted by molar-refractivity contribution is 0.157. The van der Waals surface area contributed by atoms with Gasteiger partial charge in [0.05, 0.1) is 0 Å². The molecule has 1 aromatic rings. The molecule has 0 spiro atoms. The van der Waals surface area contributed by atoms with E-state index in [2.05, 4.69) is 49.2 Å². The Bertz CT molecular complexity index is 536. The van der Waals surface area contributed by atoms with Crippen molar-refractivity contribution in [3.63, 3.8) is 0 Å². The first-order valence-corrected chi connectivity index (χ1v) is 11.2. The van der Waals surface area contributed by atoms with Crippen molar-refractivity contribution >= 4 is 17.3 Å². The third-order valence-corrected chi connectivity index (χ3v) is 6.53. The molecule has 2 saturated heterocycles. The van der Waals surface area contributed by atoms with Crippen LogP contribution in [0.4, 0.5) is 0 Å². The van der Waals surface area contributed by atoms with Crippen LogP contribution in [0.25, 0.3) is 0 Å². The number of nitrogens with one attached hydrogen (secondary N) is 2. The van der Waals surface area contributed by atoms with Gasteiger partial charge in [0.2, 0.25) is 0 Å². The summed E-state index contributed by atoms with van der Waals surface area (Å²) in [7, 11) is 1.89. The zero-order chi connectivity index (χ0) is 18.2. The molecule has 1 atom stereocenters. The molecular weight excluding hydrogens is 342 g/mol. The van der Waals surface area contributed by atoms with Gasteiger partial charge in [0.15, 0.2) is 5.96 Å². The summed E-state index contributed by atoms with van der Waals surface area (Å²) in [6.45, 7) is 9.10. The molecule has 26 heavy (non-hydrogen) atoms. The van der Waals surface area contributed by atoms with Gasteiger partial charge in [-0.1, -0.05) is 13.3 Å². The summed E-state index contributed by atoms with van der Waals surface area (Å²) in [5, 5.41) is 11.7. The molecular formula is C20H35N5S. The molecule has 2 aliphatic rings. The highest BCUT2D eigenvalue weighted by atomic mass is 32.1. The van der Waals surface area contributed by atoms with Crippen molar-refractivity contribution in [1.82, 2.24) is 20.4 Å². The van der Waals surface area contributed by atoms with E-state index in [-0.39, 0.29) is 0 Å². The highest BCUT2D eigenvalue weighted by Gasteiger charge is 2.23. The number of hydrogen-bond acceptors (Lipinski definition) is 4. The predicted octanol–water partition coefficient (Wildman–Crippen LogP) is 2.75. The maximum Gasteiger partial charge on any atom is 0.191 e. The number of guanidine groups is 1. The minimum atomic E-state index is 0.536. The second-order valence-corrected chi connectivity index (χ2v) is 8.34. The quantitative estimate of drug-likeness (QED) is 0.591. The third-order valence-electron chi connectivity index (χ3n) is 5.80. The Morgan fingerprint density at radius 1 is 1.23 bits per heavy atom. The van der Waals surface area contributed by atoms with Crippen molar-refractivity contribution in [2.75, 3.05) is 39.8 Å². The summed E-state index contributed by atoms with van der Waals surface area (Å²) in [5.74, 6) is 0.975. The normalized spacial score (nSPS) is 23.9. The number of likely N-dealkylation sites (tertiary alicyclic amines) is 2. The second-order valence-electron chi connectivity index (χ2n) is 7.56. The van der Waals surface area contributed by atoms with Gasteiger partial charge >= 0.3 is 0 Å². The summed E-state index contributed by atoms with van der Waals surface area (Å²) in [6.07, 6.45) is 6.39. The molecule has 0 aromatic carbocycles. The first-order chi connectivity index (χ1) is 12.8. The molecule has 1 aromatic heterocycles. The minimum Gasteiger partial charge on any atom is -0.355 e. The summed E-state index contributed by atoms with van der Waals surface area (Å²) in [5.41, 5.74) is 1.45. The maximum absolute atomic E-state index is 4.46. The van der Waals surface area contributed by atoms with Crippen molar-refractivity contribution in [3.8, 4) is 0 Å². The van der Waals surface area contributed by atoms with Gasteiger partial charge in [-0.15, -0.1) is 0 Å². The predicted molar refractivity (Wildman–Crippen MR) is 112 cm³/mol. The molecule has 3 rings (SSSR count). The van der Waals surface area contributed by atoms with Gasteiger partial charge in [-0.2, -0.15) is 11.3 Å². The van der Waals surface area contributed by atoms with Crippen LogP contribution in [0.1, 0.15) is 44.6 Å². The van der Waals surface area contributed by atoms with Gasteiger partial charge in [-0.3, -0.25) is 14.8 Å². The summed E-state index contributed by atoms with van der Waals surface area (Å²) >= 11 is 1.79. The third kappa shape index (κ3) is 5.69. The molecule has 0 radical (unpaired) electrons. The Hall–Kier alpha value is -1.11. The molecule has 0 bridgehead atoms. The number of rotatable bonds is 6. The van der Waals surface area contributed by atoms with Crippen molar-refractivity contribution in [1.29, 1.82) is 0 Å². The van der Waals surface area contributed by atoms with E-state index in [1.165, 1.54) is 44.2 Å². The Labute approximate surface area is 162 Å². The fourth-order valence-electron chi connectivity index (χ4n) is 4.19. The van der Waals surface area contributed by atoms with Crippen LogP contribution in [-0.2, 0) is 6.54 Å². The van der Waals surface area contributed by atoms with Crippen LogP contribution < -0.4 is 10.6 Å². The van der Waals surface area contributed by atoms with E-state index in [4.69, 9.17) is 0 Å². The first kappa shape index (κ1) is 19.6. The molecule has 2 N–H and O–H groups in total. The van der Waals surface area contributed by atoms with E-state index in [0.29, 0.717) is 12.1 Å². The van der Waals surface area contributed by atoms with Crippen molar-refractivity contribution in [3.05, 3.63) is 22.4 Å². The van der Waals surface area contributed by atoms with Crippen LogP contribution in [0, 0.1) is 0 Å². The van der Waals surface area contributed by atoms with E-state index < -0.39 is 0 Å². The van der Waals surface area contributed by atoms with Crippen molar-refractivity contribution in [2.45, 2.75) is 57.7 Å². The highest BCUT2D eigenvalue weighted by Crippen LogP contribution is 2.17. The monoisotopic (exact) mass is 377 g/mol. The molecule has 146 valence electrons. The molecule has 2 aliphatic heterocycles. The lowest BCUT2D eigenvalue weighted by Crippen LogP contribution is -2.52. The average Bonchev–Trinajstić information content (AvgIpc) is 3.19. The topological polar surface area (TPSA) is 42.9 Å². The second kappa shape index (κ2) is 10.3. The molecule has 3 heterocycles. The van der Waals surface area contributed by atoms with Gasteiger partial charge < -0.3 is 10.6 Å². The van der Waals surface area contributed by atoms with Crippen molar-refractivity contribution in [2.24, 2.45) is 4.99 Å². The average molecular weight is 378 g/mol. The molecule has 0 saturated carbocycles. The lowest BCUT2D eigenvalue weighted by Gasteiger charge is -2.36. The van der Waals surface area contributed by atoms with Gasteiger partial charge in [0.1, 0.15) is 0 Å². The van der Waals surface area contributed by atoms with Crippen LogP contribution in [0.5, 0.6) is 0 Å². The van der Waals surface area contributed by atoms with Gasteiger partial charge in [0.25, 0.3) is 0 Å². The summed E-state index contributed by atoms with van der Waals surface area (Å²) < 4.78 is 0. The standard InChI is InChI=1S/C20H35N5S/c1-3-25-10-5-4-6-19(25)14-22-20(21-2)23-18-7-11-24(12-8-18)15-17-9-13-26-16-17/h9,13,16,18-19H,3-8,10-12,14-15H2,1-2H3,(H2,21,22,23). The Morgan fingerprint density at radius 2 is 2.08 bits per heavy atom. The van der Waals surface area contributed by atoms with Crippen molar-refractivity contribution < 1.29 is 0 Å². The zero-order valence-corrected chi connectivity index (χ0v) is 17.2. The lowest BCUT2D eigenvalue weighted by atomic mass is 10.0. The zero-order valence-electron chi connectivity index (χ0n) is 16.4. The molecule has 1 unspecified atom stereocenters.